The zero-order chi connectivity index (χ0) is 7.02. The molecule has 0 aromatic rings. The molecular weight excluding hydrogens is 132 g/mol. The van der Waals surface area contributed by atoms with Gasteiger partial charge in [0.1, 0.15) is 0 Å². The van der Waals surface area contributed by atoms with Gasteiger partial charge in [0.25, 0.3) is 0 Å². The number of allylic oxidation sites excluding steroid dienone is 4. The van der Waals surface area contributed by atoms with Crippen molar-refractivity contribution in [1.29, 1.82) is 0 Å². The van der Waals surface area contributed by atoms with Crippen molar-refractivity contribution in [1.82, 2.24) is 0 Å². The Morgan fingerprint density at radius 3 is 1.78 bits per heavy atom. The predicted octanol–water partition coefficient (Wildman–Crippen LogP) is 3.24. The maximum atomic E-state index is 5.93. The largest absolute Gasteiger partial charge is 0.0841 e. The fraction of sp³-hybridized carbons (Fsp3) is 0.500. The molecule has 0 saturated heterocycles. The average Bonchev–Trinajstić information content (AvgIpc) is 1.98. The fourth-order valence-electron chi connectivity index (χ4n) is 1.12. The van der Waals surface area contributed by atoms with Crippen LogP contribution in [0.1, 0.15) is 27.2 Å². The summed E-state index contributed by atoms with van der Waals surface area (Å²) in [6.07, 6.45) is 1.07. The maximum Gasteiger partial charge on any atom is 0.0427 e. The Morgan fingerprint density at radius 1 is 1.11 bits per heavy atom. The summed E-state index contributed by atoms with van der Waals surface area (Å²) >= 11 is 5.93. The molecule has 0 unspecified atom stereocenters. The number of rotatable bonds is 0. The van der Waals surface area contributed by atoms with E-state index in [0.29, 0.717) is 0 Å². The normalized spacial score (nSPS) is 20.0. The van der Waals surface area contributed by atoms with E-state index in [1.54, 1.807) is 0 Å². The highest BCUT2D eigenvalue weighted by atomic mass is 35.5. The summed E-state index contributed by atoms with van der Waals surface area (Å²) in [6, 6.07) is 0. The topological polar surface area (TPSA) is 0 Å². The molecule has 0 nitrogen and oxygen atoms in total. The lowest BCUT2D eigenvalue weighted by molar-refractivity contribution is 1.14. The fourth-order valence-corrected chi connectivity index (χ4v) is 1.34. The molecule has 1 aliphatic rings. The van der Waals surface area contributed by atoms with E-state index in [0.717, 1.165) is 11.5 Å². The highest BCUT2D eigenvalue weighted by molar-refractivity contribution is 6.32. The molecule has 0 bridgehead atoms. The second-order valence-corrected chi connectivity index (χ2v) is 3.05. The Labute approximate surface area is 61.2 Å². The average molecular weight is 143 g/mol. The van der Waals surface area contributed by atoms with Crippen molar-refractivity contribution >= 4 is 11.6 Å². The summed E-state index contributed by atoms with van der Waals surface area (Å²) in [5, 5.41) is 0.979. The third-order valence-electron chi connectivity index (χ3n) is 1.87. The molecule has 0 aliphatic heterocycles. The summed E-state index contributed by atoms with van der Waals surface area (Å²) in [7, 11) is 0. The monoisotopic (exact) mass is 142 g/mol. The molecule has 0 heterocycles. The van der Waals surface area contributed by atoms with Crippen molar-refractivity contribution in [3.8, 4) is 0 Å². The van der Waals surface area contributed by atoms with Gasteiger partial charge in [-0.3, -0.25) is 0 Å². The molecule has 1 rings (SSSR count). The van der Waals surface area contributed by atoms with Gasteiger partial charge >= 0.3 is 0 Å². The summed E-state index contributed by atoms with van der Waals surface area (Å²) < 4.78 is 0. The van der Waals surface area contributed by atoms with Gasteiger partial charge < -0.3 is 0 Å². The lowest BCUT2D eigenvalue weighted by atomic mass is 10.2. The Balaban J connectivity index is 2.97. The van der Waals surface area contributed by atoms with E-state index in [9.17, 15) is 0 Å². The van der Waals surface area contributed by atoms with Crippen LogP contribution >= 0.6 is 11.6 Å². The van der Waals surface area contributed by atoms with Crippen LogP contribution in [-0.4, -0.2) is 0 Å². The third kappa shape index (κ3) is 1.04. The summed E-state index contributed by atoms with van der Waals surface area (Å²) in [5.41, 5.74) is 4.00. The van der Waals surface area contributed by atoms with Crippen molar-refractivity contribution in [2.24, 2.45) is 0 Å². The van der Waals surface area contributed by atoms with E-state index >= 15 is 0 Å². The molecule has 0 atom stereocenters. The van der Waals surface area contributed by atoms with Crippen LogP contribution < -0.4 is 0 Å². The molecule has 9 heavy (non-hydrogen) atoms. The van der Waals surface area contributed by atoms with E-state index in [2.05, 4.69) is 20.8 Å². The molecular formula is C8H11Cl. The number of halogens is 1. The molecule has 1 heteroatoms. The van der Waals surface area contributed by atoms with Crippen LogP contribution in [0, 0.1) is 0 Å². The molecule has 0 N–H and O–H groups in total. The van der Waals surface area contributed by atoms with E-state index in [4.69, 9.17) is 11.6 Å². The van der Waals surface area contributed by atoms with Gasteiger partial charge in [-0.25, -0.2) is 0 Å². The number of hydrogen-bond donors (Lipinski definition) is 0. The molecule has 0 aromatic carbocycles. The van der Waals surface area contributed by atoms with Crippen molar-refractivity contribution < 1.29 is 0 Å². The highest BCUT2D eigenvalue weighted by Crippen LogP contribution is 2.33. The molecule has 50 valence electrons. The van der Waals surface area contributed by atoms with Gasteiger partial charge in [-0.15, -0.1) is 0 Å². The standard InChI is InChI=1S/C8H11Cl/c1-5-4-6(2)8(9)7(5)3/h4H2,1-3H3. The van der Waals surface area contributed by atoms with Gasteiger partial charge in [0.05, 0.1) is 0 Å². The first-order valence-electron chi connectivity index (χ1n) is 3.15. The lowest BCUT2D eigenvalue weighted by Gasteiger charge is -1.91. The first-order chi connectivity index (χ1) is 4.13. The van der Waals surface area contributed by atoms with Gasteiger partial charge in [-0.1, -0.05) is 22.7 Å². The molecule has 0 spiro atoms. The smallest absolute Gasteiger partial charge is 0.0427 e. The first-order valence-corrected chi connectivity index (χ1v) is 3.52. The zero-order valence-electron chi connectivity index (χ0n) is 6.09. The maximum absolute atomic E-state index is 5.93. The molecule has 0 radical (unpaired) electrons. The minimum Gasteiger partial charge on any atom is -0.0841 e. The zero-order valence-corrected chi connectivity index (χ0v) is 6.84. The van der Waals surface area contributed by atoms with Crippen molar-refractivity contribution in [3.63, 3.8) is 0 Å². The van der Waals surface area contributed by atoms with Crippen molar-refractivity contribution in [2.75, 3.05) is 0 Å². The number of hydrogen-bond acceptors (Lipinski definition) is 0. The summed E-state index contributed by atoms with van der Waals surface area (Å²) in [6.45, 7) is 6.30. The van der Waals surface area contributed by atoms with E-state index in [1.165, 1.54) is 16.7 Å². The van der Waals surface area contributed by atoms with E-state index < -0.39 is 0 Å². The summed E-state index contributed by atoms with van der Waals surface area (Å²) in [4.78, 5) is 0. The molecule has 1 aliphatic carbocycles. The molecule has 0 fully saturated rings. The van der Waals surface area contributed by atoms with Gasteiger partial charge in [0.2, 0.25) is 0 Å². The Kier molecular flexibility index (Phi) is 1.67. The molecule has 0 saturated carbocycles. The SMILES string of the molecule is CC1=C(C)C(Cl)=C(C)C1. The lowest BCUT2D eigenvalue weighted by Crippen LogP contribution is -1.71. The quantitative estimate of drug-likeness (QED) is 0.487. The van der Waals surface area contributed by atoms with Crippen LogP contribution in [0.3, 0.4) is 0 Å². The van der Waals surface area contributed by atoms with Crippen LogP contribution in [0.25, 0.3) is 0 Å². The highest BCUT2D eigenvalue weighted by Gasteiger charge is 2.12. The van der Waals surface area contributed by atoms with E-state index in [1.807, 2.05) is 0 Å². The Bertz CT molecular complexity index is 175. The third-order valence-corrected chi connectivity index (χ3v) is 2.48. The van der Waals surface area contributed by atoms with Crippen molar-refractivity contribution in [2.45, 2.75) is 27.2 Å². The summed E-state index contributed by atoms with van der Waals surface area (Å²) in [5.74, 6) is 0. The van der Waals surface area contributed by atoms with Crippen LogP contribution in [0.2, 0.25) is 0 Å². The Morgan fingerprint density at radius 2 is 1.67 bits per heavy atom. The van der Waals surface area contributed by atoms with Crippen molar-refractivity contribution in [3.05, 3.63) is 21.8 Å². The van der Waals surface area contributed by atoms with Crippen LogP contribution in [0.5, 0.6) is 0 Å². The second kappa shape index (κ2) is 2.18. The minimum absolute atomic E-state index is 0.979. The van der Waals surface area contributed by atoms with Crippen LogP contribution in [0.4, 0.5) is 0 Å². The molecule has 0 amide bonds. The Hall–Kier alpha value is -0.230. The van der Waals surface area contributed by atoms with Crippen LogP contribution in [0.15, 0.2) is 21.8 Å². The minimum atomic E-state index is 0.979. The predicted molar refractivity (Wildman–Crippen MR) is 41.5 cm³/mol. The second-order valence-electron chi connectivity index (χ2n) is 2.68. The van der Waals surface area contributed by atoms with Gasteiger partial charge in [0, 0.05) is 5.03 Å². The first kappa shape index (κ1) is 6.88. The molecule has 0 aromatic heterocycles. The van der Waals surface area contributed by atoms with Gasteiger partial charge in [-0.2, -0.15) is 0 Å². The van der Waals surface area contributed by atoms with Gasteiger partial charge in [0.15, 0.2) is 0 Å². The van der Waals surface area contributed by atoms with Crippen LogP contribution in [-0.2, 0) is 0 Å². The van der Waals surface area contributed by atoms with Gasteiger partial charge in [-0.05, 0) is 32.8 Å². The van der Waals surface area contributed by atoms with E-state index in [-0.39, 0.29) is 0 Å².